The lowest BCUT2D eigenvalue weighted by Crippen LogP contribution is -2.39. The molecule has 4 aromatic rings. The molecule has 5 rings (SSSR count). The van der Waals surface area contributed by atoms with E-state index in [0.29, 0.717) is 6.04 Å². The number of nitrogens with zero attached hydrogens (tertiary/aromatic N) is 7. The highest BCUT2D eigenvalue weighted by Crippen LogP contribution is 2.29. The van der Waals surface area contributed by atoms with Gasteiger partial charge in [-0.25, -0.2) is 13.9 Å². The van der Waals surface area contributed by atoms with E-state index in [1.54, 1.807) is 34.2 Å². The molecule has 3 aromatic heterocycles. The van der Waals surface area contributed by atoms with E-state index >= 15 is 0 Å². The van der Waals surface area contributed by atoms with Gasteiger partial charge in [0.2, 0.25) is 10.1 Å². The zero-order chi connectivity index (χ0) is 19.8. The lowest BCUT2D eigenvalue weighted by molar-refractivity contribution is 0.628. The molecule has 1 fully saturated rings. The number of aromatic nitrogens is 5. The molecule has 0 radical (unpaired) electrons. The van der Waals surface area contributed by atoms with Gasteiger partial charge in [0.15, 0.2) is 5.82 Å². The summed E-state index contributed by atoms with van der Waals surface area (Å²) in [5, 5.41) is 13.9. The fraction of sp³-hybridized carbons (Fsp3) is 0.300. The second kappa shape index (κ2) is 7.40. The Bertz CT molecular complexity index is 1080. The summed E-state index contributed by atoms with van der Waals surface area (Å²) in [7, 11) is 2.06. The van der Waals surface area contributed by atoms with Crippen molar-refractivity contribution in [1.82, 2.24) is 24.8 Å². The number of anilines is 2. The summed E-state index contributed by atoms with van der Waals surface area (Å²) in [5.41, 5.74) is 1.67. The van der Waals surface area contributed by atoms with Crippen LogP contribution in [0, 0.1) is 5.82 Å². The highest BCUT2D eigenvalue weighted by molar-refractivity contribution is 7.20. The van der Waals surface area contributed by atoms with Crippen LogP contribution in [0.5, 0.6) is 0 Å². The number of hydrogen-bond donors (Lipinski definition) is 0. The molecule has 0 N–H and O–H groups in total. The fourth-order valence-corrected chi connectivity index (χ4v) is 4.63. The van der Waals surface area contributed by atoms with Crippen LogP contribution in [0.15, 0.2) is 48.8 Å². The van der Waals surface area contributed by atoms with Crippen LogP contribution < -0.4 is 9.80 Å². The van der Waals surface area contributed by atoms with Crippen molar-refractivity contribution in [2.45, 2.75) is 18.9 Å². The van der Waals surface area contributed by atoms with Crippen molar-refractivity contribution >= 4 is 27.2 Å². The molecule has 1 saturated heterocycles. The van der Waals surface area contributed by atoms with E-state index in [9.17, 15) is 4.39 Å². The highest BCUT2D eigenvalue weighted by atomic mass is 32.1. The maximum absolute atomic E-state index is 13.1. The molecule has 0 amide bonds. The Morgan fingerprint density at radius 2 is 2.10 bits per heavy atom. The van der Waals surface area contributed by atoms with Gasteiger partial charge >= 0.3 is 0 Å². The number of likely N-dealkylation sites (N-methyl/N-ethyl adjacent to an activating group) is 1. The van der Waals surface area contributed by atoms with Crippen LogP contribution in [-0.4, -0.2) is 51.0 Å². The average Bonchev–Trinajstić information content (AvgIpc) is 3.44. The van der Waals surface area contributed by atoms with Crippen molar-refractivity contribution in [2.24, 2.45) is 0 Å². The van der Waals surface area contributed by atoms with Crippen LogP contribution in [-0.2, 0) is 0 Å². The van der Waals surface area contributed by atoms with Crippen LogP contribution >= 0.6 is 11.3 Å². The van der Waals surface area contributed by atoms with Gasteiger partial charge in [0.05, 0.1) is 11.9 Å². The standard InChI is InChI=1S/C20H20FN7S/c1-26(12-16-4-3-11-27(16)18-5-2-10-22-24-18)20-25-28-13-17(23-19(28)29-20)14-6-8-15(21)9-7-14/h2,5-10,13,16H,3-4,11-12H2,1H3. The van der Waals surface area contributed by atoms with E-state index in [-0.39, 0.29) is 5.82 Å². The van der Waals surface area contributed by atoms with Crippen molar-refractivity contribution in [3.8, 4) is 11.3 Å². The van der Waals surface area contributed by atoms with Crippen molar-refractivity contribution in [3.05, 3.63) is 54.6 Å². The minimum absolute atomic E-state index is 0.251. The third kappa shape index (κ3) is 3.53. The smallest absolute Gasteiger partial charge is 0.214 e. The average molecular weight is 409 g/mol. The summed E-state index contributed by atoms with van der Waals surface area (Å²) in [6.07, 6.45) is 5.86. The van der Waals surface area contributed by atoms with Gasteiger partial charge < -0.3 is 9.80 Å². The Balaban J connectivity index is 1.32. The molecule has 0 spiro atoms. The Morgan fingerprint density at radius 3 is 2.86 bits per heavy atom. The molecule has 29 heavy (non-hydrogen) atoms. The van der Waals surface area contributed by atoms with Crippen LogP contribution in [0.25, 0.3) is 16.2 Å². The van der Waals surface area contributed by atoms with Gasteiger partial charge in [-0.2, -0.15) is 5.10 Å². The molecular weight excluding hydrogens is 389 g/mol. The minimum Gasteiger partial charge on any atom is -0.350 e. The van der Waals surface area contributed by atoms with Gasteiger partial charge in [-0.3, -0.25) is 0 Å². The van der Waals surface area contributed by atoms with E-state index in [1.807, 2.05) is 18.3 Å². The molecule has 1 aromatic carbocycles. The quantitative estimate of drug-likeness (QED) is 0.503. The van der Waals surface area contributed by atoms with E-state index in [0.717, 1.165) is 53.1 Å². The van der Waals surface area contributed by atoms with Crippen LogP contribution in [0.4, 0.5) is 15.3 Å². The summed E-state index contributed by atoms with van der Waals surface area (Å²) in [6.45, 7) is 1.86. The molecule has 1 atom stereocenters. The molecular formula is C20H20FN7S. The van der Waals surface area contributed by atoms with Gasteiger partial charge in [-0.1, -0.05) is 11.3 Å². The molecule has 0 aliphatic carbocycles. The molecule has 1 aliphatic rings. The number of rotatable bonds is 5. The molecule has 0 bridgehead atoms. The monoisotopic (exact) mass is 409 g/mol. The van der Waals surface area contributed by atoms with E-state index in [4.69, 9.17) is 5.10 Å². The first-order valence-corrected chi connectivity index (χ1v) is 10.4. The van der Waals surface area contributed by atoms with Gasteiger partial charge in [-0.15, -0.1) is 10.2 Å². The molecule has 0 saturated carbocycles. The molecule has 4 heterocycles. The molecule has 1 unspecified atom stereocenters. The zero-order valence-corrected chi connectivity index (χ0v) is 16.8. The molecule has 148 valence electrons. The first-order valence-electron chi connectivity index (χ1n) is 9.55. The predicted octanol–water partition coefficient (Wildman–Crippen LogP) is 3.49. The number of hydrogen-bond acceptors (Lipinski definition) is 7. The zero-order valence-electron chi connectivity index (χ0n) is 15.9. The van der Waals surface area contributed by atoms with Gasteiger partial charge in [0.25, 0.3) is 0 Å². The minimum atomic E-state index is -0.251. The lowest BCUT2D eigenvalue weighted by Gasteiger charge is -2.28. The van der Waals surface area contributed by atoms with Gasteiger partial charge in [0.1, 0.15) is 5.82 Å². The second-order valence-corrected chi connectivity index (χ2v) is 8.13. The van der Waals surface area contributed by atoms with Crippen LogP contribution in [0.2, 0.25) is 0 Å². The molecule has 9 heteroatoms. The summed E-state index contributed by atoms with van der Waals surface area (Å²) < 4.78 is 14.9. The summed E-state index contributed by atoms with van der Waals surface area (Å²) in [5.74, 6) is 0.681. The maximum atomic E-state index is 13.1. The Labute approximate surface area is 171 Å². The first-order chi connectivity index (χ1) is 14.2. The third-order valence-electron chi connectivity index (χ3n) is 5.21. The van der Waals surface area contributed by atoms with Crippen molar-refractivity contribution in [2.75, 3.05) is 29.9 Å². The number of fused-ring (bicyclic) bond motifs is 1. The van der Waals surface area contributed by atoms with Crippen molar-refractivity contribution in [3.63, 3.8) is 0 Å². The Hall–Kier alpha value is -3.07. The predicted molar refractivity (Wildman–Crippen MR) is 112 cm³/mol. The maximum Gasteiger partial charge on any atom is 0.214 e. The highest BCUT2D eigenvalue weighted by Gasteiger charge is 2.27. The van der Waals surface area contributed by atoms with Crippen molar-refractivity contribution in [1.29, 1.82) is 0 Å². The van der Waals surface area contributed by atoms with Gasteiger partial charge in [0, 0.05) is 37.9 Å². The van der Waals surface area contributed by atoms with Gasteiger partial charge in [-0.05, 0) is 49.2 Å². The fourth-order valence-electron chi connectivity index (χ4n) is 3.77. The second-order valence-electron chi connectivity index (χ2n) is 7.20. The normalized spacial score (nSPS) is 16.6. The molecule has 7 nitrogen and oxygen atoms in total. The van der Waals surface area contributed by atoms with E-state index in [1.165, 1.54) is 12.1 Å². The first kappa shape index (κ1) is 18.0. The summed E-state index contributed by atoms with van der Waals surface area (Å²) in [4.78, 5) is 9.98. The topological polar surface area (TPSA) is 62.5 Å². The van der Waals surface area contributed by atoms with Crippen molar-refractivity contribution < 1.29 is 4.39 Å². The van der Waals surface area contributed by atoms with Crippen LogP contribution in [0.1, 0.15) is 12.8 Å². The lowest BCUT2D eigenvalue weighted by atomic mass is 10.2. The Kier molecular flexibility index (Phi) is 4.59. The number of halogens is 1. The van der Waals surface area contributed by atoms with Crippen LogP contribution in [0.3, 0.4) is 0 Å². The third-order valence-corrected chi connectivity index (χ3v) is 6.25. The summed E-state index contributed by atoms with van der Waals surface area (Å²) in [6, 6.07) is 10.7. The summed E-state index contributed by atoms with van der Waals surface area (Å²) >= 11 is 1.55. The Morgan fingerprint density at radius 1 is 1.24 bits per heavy atom. The molecule has 1 aliphatic heterocycles. The SMILES string of the molecule is CN(CC1CCCN1c1cccnn1)c1nn2cc(-c3ccc(F)cc3)nc2s1. The largest absolute Gasteiger partial charge is 0.350 e. The number of benzene rings is 1. The number of imidazole rings is 1. The van der Waals surface area contributed by atoms with E-state index in [2.05, 4.69) is 32.0 Å². The van der Waals surface area contributed by atoms with E-state index < -0.39 is 0 Å².